The Bertz CT molecular complexity index is 1170. The first-order chi connectivity index (χ1) is 11.9. The van der Waals surface area contributed by atoms with Crippen LogP contribution in [-0.4, -0.2) is 9.97 Å². The zero-order valence-corrected chi connectivity index (χ0v) is 12.9. The van der Waals surface area contributed by atoms with Crippen molar-refractivity contribution < 1.29 is 4.42 Å². The van der Waals surface area contributed by atoms with Gasteiger partial charge in [0.25, 0.3) is 0 Å². The molecule has 2 heterocycles. The summed E-state index contributed by atoms with van der Waals surface area (Å²) in [5.74, 6) is 0. The van der Waals surface area contributed by atoms with Crippen molar-refractivity contribution in [2.75, 3.05) is 5.32 Å². The monoisotopic (exact) mass is 313 g/mol. The minimum atomic E-state index is 0.743. The Labute approximate surface area is 138 Å². The van der Waals surface area contributed by atoms with Gasteiger partial charge in [-0.3, -0.25) is 0 Å². The predicted octanol–water partition coefficient (Wildman–Crippen LogP) is 5.07. The second-order valence-corrected chi connectivity index (χ2v) is 5.92. The molecule has 0 aliphatic rings. The molecule has 24 heavy (non-hydrogen) atoms. The quantitative estimate of drug-likeness (QED) is 0.488. The van der Waals surface area contributed by atoms with E-state index in [-0.39, 0.29) is 0 Å². The van der Waals surface area contributed by atoms with Crippen LogP contribution in [0.15, 0.2) is 71.4 Å². The number of rotatable bonds is 3. The second-order valence-electron chi connectivity index (χ2n) is 5.92. The first kappa shape index (κ1) is 13.2. The largest absolute Gasteiger partial charge is 0.456 e. The summed E-state index contributed by atoms with van der Waals surface area (Å²) in [6, 6.07) is 20.7. The standard InChI is InChI=1S/C20H15N3O/c1-2-4-19-15(3-1)16-7-5-13(9-20(16)24-19)11-21-14-6-8-17-18(10-14)23-12-22-17/h1-10,12,21H,11H2,(H,22,23). The van der Waals surface area contributed by atoms with Crippen molar-refractivity contribution in [2.45, 2.75) is 6.54 Å². The highest BCUT2D eigenvalue weighted by molar-refractivity contribution is 6.04. The van der Waals surface area contributed by atoms with E-state index >= 15 is 0 Å². The van der Waals surface area contributed by atoms with Gasteiger partial charge in [-0.15, -0.1) is 0 Å². The Balaban J connectivity index is 1.44. The molecule has 0 radical (unpaired) electrons. The SMILES string of the molecule is c1ccc2c(c1)oc1cc(CNc3ccc4nc[nH]c4c3)ccc12. The molecule has 0 aliphatic heterocycles. The van der Waals surface area contributed by atoms with Crippen molar-refractivity contribution >= 4 is 38.7 Å². The highest BCUT2D eigenvalue weighted by atomic mass is 16.3. The van der Waals surface area contributed by atoms with Crippen molar-refractivity contribution in [3.8, 4) is 0 Å². The van der Waals surface area contributed by atoms with Gasteiger partial charge in [0, 0.05) is 23.0 Å². The molecule has 0 fully saturated rings. The molecule has 0 amide bonds. The summed E-state index contributed by atoms with van der Waals surface area (Å²) < 4.78 is 5.95. The van der Waals surface area contributed by atoms with Gasteiger partial charge in [-0.05, 0) is 35.9 Å². The summed E-state index contributed by atoms with van der Waals surface area (Å²) in [7, 11) is 0. The van der Waals surface area contributed by atoms with Gasteiger partial charge >= 0.3 is 0 Å². The molecule has 0 aliphatic carbocycles. The van der Waals surface area contributed by atoms with E-state index in [0.29, 0.717) is 0 Å². The van der Waals surface area contributed by atoms with Gasteiger partial charge in [-0.1, -0.05) is 30.3 Å². The number of fused-ring (bicyclic) bond motifs is 4. The first-order valence-electron chi connectivity index (χ1n) is 7.94. The van der Waals surface area contributed by atoms with Crippen LogP contribution in [-0.2, 0) is 6.54 Å². The molecule has 4 nitrogen and oxygen atoms in total. The third-order valence-corrected chi connectivity index (χ3v) is 4.36. The number of nitrogens with zero attached hydrogens (tertiary/aromatic N) is 1. The third kappa shape index (κ3) is 2.12. The van der Waals surface area contributed by atoms with Crippen molar-refractivity contribution in [3.05, 3.63) is 72.6 Å². The second kappa shape index (κ2) is 5.13. The smallest absolute Gasteiger partial charge is 0.135 e. The van der Waals surface area contributed by atoms with E-state index in [2.05, 4.69) is 45.6 Å². The lowest BCUT2D eigenvalue weighted by Crippen LogP contribution is -1.98. The third-order valence-electron chi connectivity index (χ3n) is 4.36. The number of aromatic amines is 1. The molecule has 3 aromatic carbocycles. The fourth-order valence-electron chi connectivity index (χ4n) is 3.13. The lowest BCUT2D eigenvalue weighted by molar-refractivity contribution is 0.668. The molecule has 4 heteroatoms. The van der Waals surface area contributed by atoms with Gasteiger partial charge < -0.3 is 14.7 Å². The van der Waals surface area contributed by atoms with Crippen molar-refractivity contribution in [1.29, 1.82) is 0 Å². The van der Waals surface area contributed by atoms with Crippen LogP contribution in [0.2, 0.25) is 0 Å². The minimum Gasteiger partial charge on any atom is -0.456 e. The van der Waals surface area contributed by atoms with Crippen LogP contribution >= 0.6 is 0 Å². The Morgan fingerprint density at radius 3 is 2.83 bits per heavy atom. The lowest BCUT2D eigenvalue weighted by Gasteiger charge is -2.06. The van der Waals surface area contributed by atoms with Crippen LogP contribution in [0.1, 0.15) is 5.56 Å². The number of imidazole rings is 1. The van der Waals surface area contributed by atoms with Gasteiger partial charge in [-0.2, -0.15) is 0 Å². The van der Waals surface area contributed by atoms with Crippen molar-refractivity contribution in [1.82, 2.24) is 9.97 Å². The Kier molecular flexibility index (Phi) is 2.82. The predicted molar refractivity (Wildman–Crippen MR) is 97.1 cm³/mol. The number of hydrogen-bond acceptors (Lipinski definition) is 3. The van der Waals surface area contributed by atoms with E-state index in [1.54, 1.807) is 6.33 Å². The molecule has 5 aromatic rings. The summed E-state index contributed by atoms with van der Waals surface area (Å²) in [5.41, 5.74) is 6.13. The fourth-order valence-corrected chi connectivity index (χ4v) is 3.13. The van der Waals surface area contributed by atoms with Crippen LogP contribution in [0.4, 0.5) is 5.69 Å². The normalized spacial score (nSPS) is 11.5. The summed E-state index contributed by atoms with van der Waals surface area (Å²) in [4.78, 5) is 7.37. The Morgan fingerprint density at radius 2 is 1.83 bits per heavy atom. The summed E-state index contributed by atoms with van der Waals surface area (Å²) >= 11 is 0. The highest BCUT2D eigenvalue weighted by Gasteiger charge is 2.07. The number of nitrogens with one attached hydrogen (secondary N) is 2. The molecule has 116 valence electrons. The summed E-state index contributed by atoms with van der Waals surface area (Å²) in [5, 5.41) is 5.78. The molecular weight excluding hydrogens is 298 g/mol. The van der Waals surface area contributed by atoms with Crippen LogP contribution in [0.3, 0.4) is 0 Å². The topological polar surface area (TPSA) is 53.9 Å². The first-order valence-corrected chi connectivity index (χ1v) is 7.94. The molecular formula is C20H15N3O. The minimum absolute atomic E-state index is 0.743. The maximum absolute atomic E-state index is 5.95. The summed E-state index contributed by atoms with van der Waals surface area (Å²) in [6.07, 6.45) is 1.71. The van der Waals surface area contributed by atoms with Crippen molar-refractivity contribution in [3.63, 3.8) is 0 Å². The number of furan rings is 1. The number of aromatic nitrogens is 2. The molecule has 0 saturated heterocycles. The zero-order valence-electron chi connectivity index (χ0n) is 12.9. The fraction of sp³-hybridized carbons (Fsp3) is 0.0500. The molecule has 2 N–H and O–H groups in total. The molecule has 2 aromatic heterocycles. The van der Waals surface area contributed by atoms with E-state index in [1.165, 1.54) is 5.56 Å². The lowest BCUT2D eigenvalue weighted by atomic mass is 10.1. The van der Waals surface area contributed by atoms with Crippen LogP contribution in [0.25, 0.3) is 33.0 Å². The summed E-state index contributed by atoms with van der Waals surface area (Å²) in [6.45, 7) is 0.743. The van der Waals surface area contributed by atoms with Gasteiger partial charge in [0.05, 0.1) is 17.4 Å². The van der Waals surface area contributed by atoms with E-state index < -0.39 is 0 Å². The van der Waals surface area contributed by atoms with E-state index in [9.17, 15) is 0 Å². The molecule has 0 bridgehead atoms. The zero-order chi connectivity index (χ0) is 15.9. The van der Waals surface area contributed by atoms with Gasteiger partial charge in [0.1, 0.15) is 11.2 Å². The van der Waals surface area contributed by atoms with E-state index in [4.69, 9.17) is 4.42 Å². The average Bonchev–Trinajstić information content (AvgIpc) is 3.23. The van der Waals surface area contributed by atoms with Gasteiger partial charge in [0.15, 0.2) is 0 Å². The number of para-hydroxylation sites is 1. The number of H-pyrrole nitrogens is 1. The molecule has 5 rings (SSSR count). The number of hydrogen-bond donors (Lipinski definition) is 2. The van der Waals surface area contributed by atoms with Crippen molar-refractivity contribution in [2.24, 2.45) is 0 Å². The highest BCUT2D eigenvalue weighted by Crippen LogP contribution is 2.29. The average molecular weight is 313 g/mol. The maximum atomic E-state index is 5.95. The van der Waals surface area contributed by atoms with E-state index in [0.717, 1.165) is 45.2 Å². The van der Waals surface area contributed by atoms with Crippen LogP contribution < -0.4 is 5.32 Å². The maximum Gasteiger partial charge on any atom is 0.135 e. The Hall–Kier alpha value is -3.27. The van der Waals surface area contributed by atoms with Gasteiger partial charge in [-0.25, -0.2) is 4.98 Å². The number of benzene rings is 3. The Morgan fingerprint density at radius 1 is 0.917 bits per heavy atom. The number of anilines is 1. The molecule has 0 spiro atoms. The van der Waals surface area contributed by atoms with E-state index in [1.807, 2.05) is 30.3 Å². The van der Waals surface area contributed by atoms with Crippen LogP contribution in [0, 0.1) is 0 Å². The molecule has 0 unspecified atom stereocenters. The van der Waals surface area contributed by atoms with Gasteiger partial charge in [0.2, 0.25) is 0 Å². The molecule has 0 atom stereocenters. The van der Waals surface area contributed by atoms with Crippen LogP contribution in [0.5, 0.6) is 0 Å². The molecule has 0 saturated carbocycles.